The molecule has 152 valence electrons. The van der Waals surface area contributed by atoms with Crippen molar-refractivity contribution in [3.63, 3.8) is 0 Å². The van der Waals surface area contributed by atoms with Crippen molar-refractivity contribution in [2.75, 3.05) is 6.54 Å². The van der Waals surface area contributed by atoms with Crippen LogP contribution < -0.4 is 5.32 Å². The second kappa shape index (κ2) is 8.73. The topological polar surface area (TPSA) is 83.8 Å². The van der Waals surface area contributed by atoms with E-state index in [-0.39, 0.29) is 17.6 Å². The number of hydrogen-bond acceptors (Lipinski definition) is 4. The van der Waals surface area contributed by atoms with Crippen LogP contribution in [-0.2, 0) is 6.42 Å². The zero-order valence-electron chi connectivity index (χ0n) is 16.5. The standard InChI is InChI=1S/C23H21FN4O2/c1-15-16(13-27-28-15)7-6-12-25-22(29)17-8-2-3-9-18(17)23-26-14-21(30-23)19-10-4-5-11-20(19)24/h2-5,8-11,13-14H,6-7,12H2,1H3,(H,25,29)(H,27,28). The summed E-state index contributed by atoms with van der Waals surface area (Å²) in [5.74, 6) is -0.0129. The van der Waals surface area contributed by atoms with E-state index in [1.54, 1.807) is 42.5 Å². The number of aromatic amines is 1. The van der Waals surface area contributed by atoms with Crippen LogP contribution in [0.1, 0.15) is 28.0 Å². The highest BCUT2D eigenvalue weighted by atomic mass is 19.1. The monoisotopic (exact) mass is 404 g/mol. The van der Waals surface area contributed by atoms with Crippen molar-refractivity contribution < 1.29 is 13.6 Å². The van der Waals surface area contributed by atoms with Gasteiger partial charge >= 0.3 is 0 Å². The van der Waals surface area contributed by atoms with E-state index in [0.29, 0.717) is 29.0 Å². The van der Waals surface area contributed by atoms with Crippen LogP contribution in [0, 0.1) is 12.7 Å². The van der Waals surface area contributed by atoms with E-state index in [1.807, 2.05) is 13.1 Å². The second-order valence-electron chi connectivity index (χ2n) is 6.93. The van der Waals surface area contributed by atoms with Gasteiger partial charge in [0.05, 0.1) is 23.5 Å². The molecule has 2 aromatic carbocycles. The van der Waals surface area contributed by atoms with Crippen LogP contribution in [0.4, 0.5) is 4.39 Å². The number of H-pyrrole nitrogens is 1. The number of hydrogen-bond donors (Lipinski definition) is 2. The Morgan fingerprint density at radius 3 is 2.63 bits per heavy atom. The van der Waals surface area contributed by atoms with Gasteiger partial charge in [-0.15, -0.1) is 0 Å². The fraction of sp³-hybridized carbons (Fsp3) is 0.174. The fourth-order valence-corrected chi connectivity index (χ4v) is 3.26. The largest absolute Gasteiger partial charge is 0.436 e. The van der Waals surface area contributed by atoms with E-state index < -0.39 is 0 Å². The lowest BCUT2D eigenvalue weighted by Gasteiger charge is -2.08. The molecule has 0 spiro atoms. The first-order valence-electron chi connectivity index (χ1n) is 9.70. The number of nitrogens with zero attached hydrogens (tertiary/aromatic N) is 2. The van der Waals surface area contributed by atoms with Gasteiger partial charge in [0, 0.05) is 17.8 Å². The molecule has 4 rings (SSSR count). The van der Waals surface area contributed by atoms with Gasteiger partial charge in [-0.2, -0.15) is 5.10 Å². The number of aryl methyl sites for hydroxylation is 2. The number of rotatable bonds is 7. The van der Waals surface area contributed by atoms with Crippen LogP contribution >= 0.6 is 0 Å². The molecule has 30 heavy (non-hydrogen) atoms. The van der Waals surface area contributed by atoms with Gasteiger partial charge in [-0.25, -0.2) is 9.37 Å². The van der Waals surface area contributed by atoms with Gasteiger partial charge in [-0.05, 0) is 49.6 Å². The van der Waals surface area contributed by atoms with E-state index in [2.05, 4.69) is 20.5 Å². The molecule has 0 radical (unpaired) electrons. The molecule has 0 atom stereocenters. The van der Waals surface area contributed by atoms with E-state index >= 15 is 0 Å². The van der Waals surface area contributed by atoms with E-state index in [9.17, 15) is 9.18 Å². The quantitative estimate of drug-likeness (QED) is 0.443. The second-order valence-corrected chi connectivity index (χ2v) is 6.93. The molecule has 0 aliphatic carbocycles. The predicted octanol–water partition coefficient (Wildman–Crippen LogP) is 4.54. The maximum Gasteiger partial charge on any atom is 0.252 e. The third-order valence-corrected chi connectivity index (χ3v) is 4.89. The number of halogens is 1. The Balaban J connectivity index is 1.47. The van der Waals surface area contributed by atoms with Gasteiger partial charge < -0.3 is 9.73 Å². The van der Waals surface area contributed by atoms with E-state index in [4.69, 9.17) is 4.42 Å². The van der Waals surface area contributed by atoms with Crippen molar-refractivity contribution in [1.82, 2.24) is 20.5 Å². The predicted molar refractivity (Wildman–Crippen MR) is 111 cm³/mol. The average Bonchev–Trinajstić information content (AvgIpc) is 3.41. The number of carbonyl (C=O) groups excluding carboxylic acids is 1. The first-order valence-corrected chi connectivity index (χ1v) is 9.70. The fourth-order valence-electron chi connectivity index (χ4n) is 3.26. The molecule has 0 aliphatic rings. The zero-order chi connectivity index (χ0) is 20.9. The minimum Gasteiger partial charge on any atom is -0.436 e. The number of nitrogens with one attached hydrogen (secondary N) is 2. The van der Waals surface area contributed by atoms with Gasteiger partial charge in [0.2, 0.25) is 5.89 Å². The summed E-state index contributed by atoms with van der Waals surface area (Å²) in [6.45, 7) is 2.51. The van der Waals surface area contributed by atoms with Crippen LogP contribution in [0.25, 0.3) is 22.8 Å². The Morgan fingerprint density at radius 2 is 1.87 bits per heavy atom. The lowest BCUT2D eigenvalue weighted by Crippen LogP contribution is -2.25. The summed E-state index contributed by atoms with van der Waals surface area (Å²) in [6.07, 6.45) is 4.90. The Hall–Kier alpha value is -3.74. The molecule has 2 N–H and O–H groups in total. The van der Waals surface area contributed by atoms with Crippen LogP contribution in [-0.4, -0.2) is 27.6 Å². The molecule has 2 heterocycles. The van der Waals surface area contributed by atoms with E-state index in [0.717, 1.165) is 24.1 Å². The van der Waals surface area contributed by atoms with Crippen molar-refractivity contribution >= 4 is 5.91 Å². The van der Waals surface area contributed by atoms with Crippen LogP contribution in [0.15, 0.2) is 65.3 Å². The third-order valence-electron chi connectivity index (χ3n) is 4.89. The molecule has 7 heteroatoms. The van der Waals surface area contributed by atoms with Crippen molar-refractivity contribution in [1.29, 1.82) is 0 Å². The smallest absolute Gasteiger partial charge is 0.252 e. The van der Waals surface area contributed by atoms with Crippen molar-refractivity contribution in [2.45, 2.75) is 19.8 Å². The van der Waals surface area contributed by atoms with E-state index in [1.165, 1.54) is 12.3 Å². The Bertz CT molecular complexity index is 1170. The van der Waals surface area contributed by atoms with Crippen LogP contribution in [0.5, 0.6) is 0 Å². The molecule has 0 saturated heterocycles. The van der Waals surface area contributed by atoms with Crippen molar-refractivity contribution in [2.24, 2.45) is 0 Å². The Labute approximate surface area is 173 Å². The summed E-state index contributed by atoms with van der Waals surface area (Å²) >= 11 is 0. The molecular weight excluding hydrogens is 383 g/mol. The molecular formula is C23H21FN4O2. The molecule has 0 fully saturated rings. The maximum atomic E-state index is 14.0. The molecule has 0 saturated carbocycles. The molecule has 0 bridgehead atoms. The lowest BCUT2D eigenvalue weighted by molar-refractivity contribution is 0.0953. The molecule has 0 aliphatic heterocycles. The molecule has 1 amide bonds. The summed E-state index contributed by atoms with van der Waals surface area (Å²) in [6, 6.07) is 13.4. The number of aromatic nitrogens is 3. The Kier molecular flexibility index (Phi) is 5.70. The van der Waals surface area contributed by atoms with Crippen LogP contribution in [0.3, 0.4) is 0 Å². The number of carbonyl (C=O) groups is 1. The summed E-state index contributed by atoms with van der Waals surface area (Å²) in [7, 11) is 0. The first kappa shape index (κ1) is 19.6. The number of oxazole rings is 1. The van der Waals surface area contributed by atoms with Gasteiger partial charge in [0.1, 0.15) is 5.82 Å². The Morgan fingerprint density at radius 1 is 1.10 bits per heavy atom. The summed E-state index contributed by atoms with van der Waals surface area (Å²) < 4.78 is 19.8. The lowest BCUT2D eigenvalue weighted by atomic mass is 10.1. The minimum atomic E-state index is -0.390. The third kappa shape index (κ3) is 4.15. The highest BCUT2D eigenvalue weighted by molar-refractivity contribution is 6.00. The summed E-state index contributed by atoms with van der Waals surface area (Å²) in [4.78, 5) is 17.0. The average molecular weight is 404 g/mol. The highest BCUT2D eigenvalue weighted by Crippen LogP contribution is 2.29. The van der Waals surface area contributed by atoms with Gasteiger partial charge in [0.15, 0.2) is 5.76 Å². The normalized spacial score (nSPS) is 10.9. The number of benzene rings is 2. The molecule has 4 aromatic rings. The number of amides is 1. The van der Waals surface area contributed by atoms with Crippen molar-refractivity contribution in [3.05, 3.63) is 83.6 Å². The SMILES string of the molecule is Cc1[nH]ncc1CCCNC(=O)c1ccccc1-c1ncc(-c2ccccc2F)o1. The molecule has 2 aromatic heterocycles. The van der Waals surface area contributed by atoms with Crippen molar-refractivity contribution in [3.8, 4) is 22.8 Å². The summed E-state index contributed by atoms with van der Waals surface area (Å²) in [5, 5.41) is 9.85. The van der Waals surface area contributed by atoms with Crippen LogP contribution in [0.2, 0.25) is 0 Å². The first-order chi connectivity index (χ1) is 14.6. The molecule has 0 unspecified atom stereocenters. The zero-order valence-corrected chi connectivity index (χ0v) is 16.5. The highest BCUT2D eigenvalue weighted by Gasteiger charge is 2.17. The van der Waals surface area contributed by atoms with Gasteiger partial charge in [-0.1, -0.05) is 24.3 Å². The van der Waals surface area contributed by atoms with Gasteiger partial charge in [-0.3, -0.25) is 9.89 Å². The summed E-state index contributed by atoms with van der Waals surface area (Å²) in [5.41, 5.74) is 3.53. The maximum absolute atomic E-state index is 14.0. The molecule has 6 nitrogen and oxygen atoms in total. The van der Waals surface area contributed by atoms with Gasteiger partial charge in [0.25, 0.3) is 5.91 Å². The minimum absolute atomic E-state index is 0.208.